The Morgan fingerprint density at radius 2 is 1.94 bits per heavy atom. The summed E-state index contributed by atoms with van der Waals surface area (Å²) < 4.78 is 0. The topological polar surface area (TPSA) is 46.0 Å². The zero-order chi connectivity index (χ0) is 11.4. The number of hydrogen-bond donors (Lipinski definition) is 1. The van der Waals surface area contributed by atoms with E-state index in [1.54, 1.807) is 6.20 Å². The van der Waals surface area contributed by atoms with Gasteiger partial charge in [-0.05, 0) is 42.4 Å². The quantitative estimate of drug-likeness (QED) is 0.826. The number of nitrogens with zero attached hydrogens (tertiary/aromatic N) is 2. The molecule has 0 unspecified atom stereocenters. The molecule has 0 saturated heterocycles. The molecule has 1 aromatic heterocycles. The van der Waals surface area contributed by atoms with Gasteiger partial charge in [-0.15, -0.1) is 0 Å². The molecule has 0 fully saturated rings. The molecule has 16 heavy (non-hydrogen) atoms. The van der Waals surface area contributed by atoms with Gasteiger partial charge in [-0.25, -0.2) is 9.97 Å². The van der Waals surface area contributed by atoms with E-state index in [2.05, 4.69) is 9.97 Å². The van der Waals surface area contributed by atoms with Gasteiger partial charge in [-0.2, -0.15) is 0 Å². The predicted molar refractivity (Wildman–Crippen MR) is 63.3 cm³/mol. The number of aliphatic hydroxyl groups is 1. The smallest absolute Gasteiger partial charge is 0.192 e. The Morgan fingerprint density at radius 1 is 1.19 bits per heavy atom. The second kappa shape index (κ2) is 5.09. The third-order valence-corrected chi connectivity index (χ3v) is 2.97. The van der Waals surface area contributed by atoms with Crippen molar-refractivity contribution in [3.63, 3.8) is 0 Å². The molecule has 0 aliphatic carbocycles. The summed E-state index contributed by atoms with van der Waals surface area (Å²) in [5, 5.41) is 9.67. The first-order chi connectivity index (χ1) is 7.78. The van der Waals surface area contributed by atoms with E-state index < -0.39 is 0 Å². The maximum absolute atomic E-state index is 8.92. The molecule has 0 amide bonds. The largest absolute Gasteiger partial charge is 0.392 e. The van der Waals surface area contributed by atoms with Crippen molar-refractivity contribution in [3.8, 4) is 0 Å². The molecule has 1 N–H and O–H groups in total. The Labute approximate surface area is 98.6 Å². The molecule has 0 bridgehead atoms. The monoisotopic (exact) mass is 232 g/mol. The molecule has 2 rings (SSSR count). The fraction of sp³-hybridized carbons (Fsp3) is 0.167. The van der Waals surface area contributed by atoms with Crippen molar-refractivity contribution in [1.82, 2.24) is 9.97 Å². The van der Waals surface area contributed by atoms with Gasteiger partial charge in [0.05, 0.1) is 6.61 Å². The van der Waals surface area contributed by atoms with E-state index in [0.29, 0.717) is 0 Å². The summed E-state index contributed by atoms with van der Waals surface area (Å²) in [5.74, 6) is 0. The molecule has 3 nitrogen and oxygen atoms in total. The lowest BCUT2D eigenvalue weighted by atomic mass is 10.2. The van der Waals surface area contributed by atoms with Crippen LogP contribution in [0.4, 0.5) is 0 Å². The molecule has 1 heterocycles. The number of aryl methyl sites for hydroxylation is 1. The summed E-state index contributed by atoms with van der Waals surface area (Å²) in [5.41, 5.74) is 1.87. The lowest BCUT2D eigenvalue weighted by molar-refractivity contribution is 0.282. The Bertz CT molecular complexity index is 471. The minimum Gasteiger partial charge on any atom is -0.392 e. The Morgan fingerprint density at radius 3 is 2.56 bits per heavy atom. The van der Waals surface area contributed by atoms with E-state index in [0.717, 1.165) is 21.3 Å². The van der Waals surface area contributed by atoms with Gasteiger partial charge in [0.15, 0.2) is 5.16 Å². The number of aliphatic hydroxyl groups excluding tert-OH is 1. The minimum atomic E-state index is 0.0753. The SMILES string of the molecule is Cc1ccnc(Sc2ccc(CO)cc2)n1. The summed E-state index contributed by atoms with van der Waals surface area (Å²) in [6.45, 7) is 2.02. The van der Waals surface area contributed by atoms with Gasteiger partial charge in [0.25, 0.3) is 0 Å². The van der Waals surface area contributed by atoms with Gasteiger partial charge in [0, 0.05) is 16.8 Å². The molecule has 0 spiro atoms. The van der Waals surface area contributed by atoms with E-state index in [-0.39, 0.29) is 6.61 Å². The summed E-state index contributed by atoms with van der Waals surface area (Å²) in [7, 11) is 0. The second-order valence-corrected chi connectivity index (χ2v) is 4.43. The average Bonchev–Trinajstić information content (AvgIpc) is 2.30. The van der Waals surface area contributed by atoms with Crippen LogP contribution < -0.4 is 0 Å². The Balaban J connectivity index is 2.14. The number of hydrogen-bond acceptors (Lipinski definition) is 4. The summed E-state index contributed by atoms with van der Waals surface area (Å²) in [6, 6.07) is 9.60. The Kier molecular flexibility index (Phi) is 3.54. The van der Waals surface area contributed by atoms with E-state index in [1.165, 1.54) is 11.8 Å². The number of rotatable bonds is 3. The van der Waals surface area contributed by atoms with Crippen molar-refractivity contribution >= 4 is 11.8 Å². The first kappa shape index (κ1) is 11.1. The van der Waals surface area contributed by atoms with Crippen LogP contribution in [0, 0.1) is 6.92 Å². The molecule has 4 heteroatoms. The first-order valence-electron chi connectivity index (χ1n) is 4.95. The van der Waals surface area contributed by atoms with Crippen LogP contribution in [0.1, 0.15) is 11.3 Å². The van der Waals surface area contributed by atoms with Crippen molar-refractivity contribution in [3.05, 3.63) is 47.8 Å². The van der Waals surface area contributed by atoms with Gasteiger partial charge < -0.3 is 5.11 Å². The van der Waals surface area contributed by atoms with E-state index in [9.17, 15) is 0 Å². The number of benzene rings is 1. The highest BCUT2D eigenvalue weighted by Gasteiger charge is 2.00. The van der Waals surface area contributed by atoms with Crippen molar-refractivity contribution in [1.29, 1.82) is 0 Å². The molecule has 0 atom stereocenters. The fourth-order valence-electron chi connectivity index (χ4n) is 1.24. The molecule has 0 radical (unpaired) electrons. The standard InChI is InChI=1S/C12H12N2OS/c1-9-6-7-13-12(14-9)16-11-4-2-10(8-15)3-5-11/h2-7,15H,8H2,1H3. The third kappa shape index (κ3) is 2.81. The van der Waals surface area contributed by atoms with Crippen LogP contribution in [0.2, 0.25) is 0 Å². The normalized spacial score (nSPS) is 10.4. The van der Waals surface area contributed by atoms with E-state index in [1.807, 2.05) is 37.3 Å². The summed E-state index contributed by atoms with van der Waals surface area (Å²) in [4.78, 5) is 9.57. The zero-order valence-electron chi connectivity index (χ0n) is 8.92. The van der Waals surface area contributed by atoms with Gasteiger partial charge in [0.1, 0.15) is 0 Å². The van der Waals surface area contributed by atoms with Crippen LogP contribution in [0.5, 0.6) is 0 Å². The van der Waals surface area contributed by atoms with Gasteiger partial charge in [-0.3, -0.25) is 0 Å². The summed E-state index contributed by atoms with van der Waals surface area (Å²) >= 11 is 1.52. The molecule has 82 valence electrons. The molecule has 0 saturated carbocycles. The van der Waals surface area contributed by atoms with Gasteiger partial charge in [-0.1, -0.05) is 12.1 Å². The fourth-order valence-corrected chi connectivity index (χ4v) is 2.03. The maximum Gasteiger partial charge on any atom is 0.192 e. The molecular formula is C12H12N2OS. The summed E-state index contributed by atoms with van der Waals surface area (Å²) in [6.07, 6.45) is 1.76. The molecular weight excluding hydrogens is 220 g/mol. The Hall–Kier alpha value is -1.39. The highest BCUT2D eigenvalue weighted by molar-refractivity contribution is 7.99. The molecule has 0 aliphatic heterocycles. The van der Waals surface area contributed by atoms with Crippen molar-refractivity contribution in [2.45, 2.75) is 23.6 Å². The lowest BCUT2D eigenvalue weighted by Gasteiger charge is -2.01. The highest BCUT2D eigenvalue weighted by Crippen LogP contribution is 2.24. The van der Waals surface area contributed by atoms with Crippen LogP contribution in [-0.4, -0.2) is 15.1 Å². The maximum atomic E-state index is 8.92. The van der Waals surface area contributed by atoms with Crippen LogP contribution in [0.3, 0.4) is 0 Å². The molecule has 0 aliphatic rings. The van der Waals surface area contributed by atoms with Crippen LogP contribution in [0.15, 0.2) is 46.6 Å². The molecule has 1 aromatic carbocycles. The zero-order valence-corrected chi connectivity index (χ0v) is 9.74. The van der Waals surface area contributed by atoms with Crippen LogP contribution in [0.25, 0.3) is 0 Å². The number of aromatic nitrogens is 2. The van der Waals surface area contributed by atoms with Gasteiger partial charge >= 0.3 is 0 Å². The lowest BCUT2D eigenvalue weighted by Crippen LogP contribution is -1.88. The highest BCUT2D eigenvalue weighted by atomic mass is 32.2. The van der Waals surface area contributed by atoms with E-state index in [4.69, 9.17) is 5.11 Å². The van der Waals surface area contributed by atoms with Crippen LogP contribution >= 0.6 is 11.8 Å². The van der Waals surface area contributed by atoms with Gasteiger partial charge in [0.2, 0.25) is 0 Å². The van der Waals surface area contributed by atoms with Crippen LogP contribution in [-0.2, 0) is 6.61 Å². The predicted octanol–water partition coefficient (Wildman–Crippen LogP) is 2.43. The molecule has 2 aromatic rings. The van der Waals surface area contributed by atoms with Crippen molar-refractivity contribution in [2.75, 3.05) is 0 Å². The first-order valence-corrected chi connectivity index (χ1v) is 5.77. The third-order valence-electron chi connectivity index (χ3n) is 2.09. The second-order valence-electron chi connectivity index (χ2n) is 3.38. The van der Waals surface area contributed by atoms with Crippen molar-refractivity contribution in [2.24, 2.45) is 0 Å². The average molecular weight is 232 g/mol. The minimum absolute atomic E-state index is 0.0753. The van der Waals surface area contributed by atoms with Crippen molar-refractivity contribution < 1.29 is 5.11 Å². The van der Waals surface area contributed by atoms with E-state index >= 15 is 0 Å².